The van der Waals surface area contributed by atoms with E-state index < -0.39 is 0 Å². The summed E-state index contributed by atoms with van der Waals surface area (Å²) in [7, 11) is 1.39. The van der Waals surface area contributed by atoms with Crippen LogP contribution in [0.15, 0.2) is 11.6 Å². The molecule has 0 aromatic heterocycles. The molecule has 0 bridgehead atoms. The molecule has 4 heteroatoms. The minimum absolute atomic E-state index is 0.131. The topological polar surface area (TPSA) is 49.8 Å². The van der Waals surface area contributed by atoms with Crippen LogP contribution in [-0.2, 0) is 9.53 Å². The van der Waals surface area contributed by atoms with Crippen LogP contribution in [0.4, 0.5) is 0 Å². The molecule has 0 aliphatic heterocycles. The molecule has 0 aliphatic carbocycles. The van der Waals surface area contributed by atoms with Crippen molar-refractivity contribution in [2.45, 2.75) is 33.2 Å². The van der Waals surface area contributed by atoms with Gasteiger partial charge in [-0.15, -0.1) is 0 Å². The number of methoxy groups -OCH3 is 1. The largest absolute Gasteiger partial charge is 0.466 e. The molecule has 0 fully saturated rings. The summed E-state index contributed by atoms with van der Waals surface area (Å²) < 4.78 is 4.68. The third-order valence-electron chi connectivity index (χ3n) is 2.52. The first kappa shape index (κ1) is 15.1. The Hall–Kier alpha value is -0.870. The molecule has 94 valence electrons. The van der Waals surface area contributed by atoms with Crippen molar-refractivity contribution in [2.24, 2.45) is 0 Å². The molecule has 0 saturated carbocycles. The maximum absolute atomic E-state index is 11.3. The van der Waals surface area contributed by atoms with E-state index in [9.17, 15) is 4.79 Å². The monoisotopic (exact) mass is 229 g/mol. The fraction of sp³-hybridized carbons (Fsp3) is 0.750. The summed E-state index contributed by atoms with van der Waals surface area (Å²) in [6.07, 6.45) is 2.54. The van der Waals surface area contributed by atoms with Crippen LogP contribution in [0.25, 0.3) is 0 Å². The molecular formula is C12H23NO3. The zero-order valence-electron chi connectivity index (χ0n) is 10.7. The molecule has 0 aliphatic rings. The third kappa shape index (κ3) is 5.28. The second kappa shape index (κ2) is 8.30. The highest BCUT2D eigenvalue weighted by atomic mass is 16.5. The van der Waals surface area contributed by atoms with Gasteiger partial charge in [0.1, 0.15) is 0 Å². The van der Waals surface area contributed by atoms with Crippen LogP contribution in [0.5, 0.6) is 0 Å². The van der Waals surface area contributed by atoms with E-state index in [1.54, 1.807) is 0 Å². The predicted octanol–water partition coefficient (Wildman–Crippen LogP) is 1.20. The van der Waals surface area contributed by atoms with Crippen LogP contribution in [-0.4, -0.2) is 48.8 Å². The number of hydrogen-bond acceptors (Lipinski definition) is 4. The Bertz CT molecular complexity index is 236. The van der Waals surface area contributed by atoms with Gasteiger partial charge in [-0.25, -0.2) is 4.79 Å². The van der Waals surface area contributed by atoms with Crippen LogP contribution < -0.4 is 0 Å². The Kier molecular flexibility index (Phi) is 7.85. The molecule has 0 atom stereocenters. The molecule has 0 rings (SSSR count). The molecule has 0 saturated heterocycles. The van der Waals surface area contributed by atoms with Crippen molar-refractivity contribution >= 4 is 5.97 Å². The van der Waals surface area contributed by atoms with Crippen molar-refractivity contribution in [3.8, 4) is 0 Å². The summed E-state index contributed by atoms with van der Waals surface area (Å²) in [5.41, 5.74) is 0.686. The molecule has 0 unspecified atom stereocenters. The number of aliphatic hydroxyl groups is 1. The van der Waals surface area contributed by atoms with Crippen molar-refractivity contribution in [3.63, 3.8) is 0 Å². The molecule has 0 heterocycles. The van der Waals surface area contributed by atoms with Crippen LogP contribution >= 0.6 is 0 Å². The first-order chi connectivity index (χ1) is 7.56. The number of rotatable bonds is 7. The minimum atomic E-state index is -0.268. The Balaban J connectivity index is 4.43. The lowest BCUT2D eigenvalue weighted by atomic mass is 10.2. The van der Waals surface area contributed by atoms with Crippen molar-refractivity contribution in [3.05, 3.63) is 11.6 Å². The van der Waals surface area contributed by atoms with Crippen LogP contribution in [0, 0.1) is 0 Å². The fourth-order valence-electron chi connectivity index (χ4n) is 1.42. The number of hydrogen-bond donors (Lipinski definition) is 1. The SMILES string of the molecule is CCC(=CCN(CCO)C(C)C)C(=O)OC. The van der Waals surface area contributed by atoms with E-state index >= 15 is 0 Å². The van der Waals surface area contributed by atoms with Gasteiger partial charge < -0.3 is 9.84 Å². The van der Waals surface area contributed by atoms with Gasteiger partial charge in [-0.05, 0) is 20.3 Å². The molecular weight excluding hydrogens is 206 g/mol. The van der Waals surface area contributed by atoms with E-state index in [-0.39, 0.29) is 12.6 Å². The van der Waals surface area contributed by atoms with Gasteiger partial charge in [-0.3, -0.25) is 4.90 Å². The average molecular weight is 229 g/mol. The second-order valence-corrected chi connectivity index (χ2v) is 3.89. The van der Waals surface area contributed by atoms with Crippen molar-refractivity contribution < 1.29 is 14.6 Å². The maximum Gasteiger partial charge on any atom is 0.333 e. The van der Waals surface area contributed by atoms with Gasteiger partial charge in [-0.2, -0.15) is 0 Å². The number of ether oxygens (including phenoxy) is 1. The second-order valence-electron chi connectivity index (χ2n) is 3.89. The molecule has 0 aromatic rings. The Morgan fingerprint density at radius 2 is 2.12 bits per heavy atom. The highest BCUT2D eigenvalue weighted by Gasteiger charge is 2.10. The van der Waals surface area contributed by atoms with E-state index in [1.807, 2.05) is 13.0 Å². The van der Waals surface area contributed by atoms with Gasteiger partial charge in [-0.1, -0.05) is 13.0 Å². The van der Waals surface area contributed by atoms with Gasteiger partial charge in [0.2, 0.25) is 0 Å². The van der Waals surface area contributed by atoms with Gasteiger partial charge in [0, 0.05) is 24.7 Å². The molecule has 0 spiro atoms. The molecule has 1 N–H and O–H groups in total. The minimum Gasteiger partial charge on any atom is -0.466 e. The number of nitrogens with zero attached hydrogens (tertiary/aromatic N) is 1. The van der Waals surface area contributed by atoms with E-state index in [0.717, 1.165) is 0 Å². The zero-order chi connectivity index (χ0) is 12.6. The first-order valence-electron chi connectivity index (χ1n) is 5.69. The van der Waals surface area contributed by atoms with Gasteiger partial charge in [0.05, 0.1) is 13.7 Å². The van der Waals surface area contributed by atoms with E-state index in [1.165, 1.54) is 7.11 Å². The van der Waals surface area contributed by atoms with E-state index in [0.29, 0.717) is 31.1 Å². The van der Waals surface area contributed by atoms with Gasteiger partial charge in [0.25, 0.3) is 0 Å². The zero-order valence-corrected chi connectivity index (χ0v) is 10.7. The molecule has 0 radical (unpaired) electrons. The summed E-state index contributed by atoms with van der Waals surface area (Å²) in [4.78, 5) is 13.4. The number of esters is 1. The molecule has 0 amide bonds. The summed E-state index contributed by atoms with van der Waals surface area (Å²) in [6.45, 7) is 7.46. The number of carbonyl (C=O) groups excluding carboxylic acids is 1. The fourth-order valence-corrected chi connectivity index (χ4v) is 1.42. The lowest BCUT2D eigenvalue weighted by Crippen LogP contribution is -2.33. The van der Waals surface area contributed by atoms with Crippen molar-refractivity contribution in [1.29, 1.82) is 0 Å². The lowest BCUT2D eigenvalue weighted by molar-refractivity contribution is -0.136. The highest BCUT2D eigenvalue weighted by molar-refractivity contribution is 5.88. The van der Waals surface area contributed by atoms with E-state index in [4.69, 9.17) is 5.11 Å². The van der Waals surface area contributed by atoms with Crippen LogP contribution in [0.1, 0.15) is 27.2 Å². The predicted molar refractivity (Wildman–Crippen MR) is 64.2 cm³/mol. The Labute approximate surface area is 97.9 Å². The lowest BCUT2D eigenvalue weighted by Gasteiger charge is -2.24. The standard InChI is InChI=1S/C12H23NO3/c1-5-11(12(15)16-4)6-7-13(8-9-14)10(2)3/h6,10,14H,5,7-9H2,1-4H3. The number of aliphatic hydroxyl groups excluding tert-OH is 1. The maximum atomic E-state index is 11.3. The summed E-state index contributed by atoms with van der Waals surface area (Å²) >= 11 is 0. The first-order valence-corrected chi connectivity index (χ1v) is 5.69. The van der Waals surface area contributed by atoms with Crippen LogP contribution in [0.2, 0.25) is 0 Å². The Morgan fingerprint density at radius 3 is 2.50 bits per heavy atom. The van der Waals surface area contributed by atoms with Gasteiger partial charge in [0.15, 0.2) is 0 Å². The highest BCUT2D eigenvalue weighted by Crippen LogP contribution is 2.05. The van der Waals surface area contributed by atoms with Crippen molar-refractivity contribution in [2.75, 3.05) is 26.8 Å². The molecule has 16 heavy (non-hydrogen) atoms. The molecule has 0 aromatic carbocycles. The Morgan fingerprint density at radius 1 is 1.50 bits per heavy atom. The summed E-state index contributed by atoms with van der Waals surface area (Å²) in [5.74, 6) is -0.268. The summed E-state index contributed by atoms with van der Waals surface area (Å²) in [5, 5.41) is 8.91. The van der Waals surface area contributed by atoms with Crippen LogP contribution in [0.3, 0.4) is 0 Å². The number of carbonyl (C=O) groups is 1. The smallest absolute Gasteiger partial charge is 0.333 e. The van der Waals surface area contributed by atoms with Gasteiger partial charge >= 0.3 is 5.97 Å². The van der Waals surface area contributed by atoms with E-state index in [2.05, 4.69) is 23.5 Å². The normalized spacial score (nSPS) is 12.3. The third-order valence-corrected chi connectivity index (χ3v) is 2.52. The van der Waals surface area contributed by atoms with Crippen molar-refractivity contribution in [1.82, 2.24) is 4.90 Å². The molecule has 4 nitrogen and oxygen atoms in total. The quantitative estimate of drug-likeness (QED) is 0.526. The average Bonchev–Trinajstić information content (AvgIpc) is 2.27. The summed E-state index contributed by atoms with van der Waals surface area (Å²) in [6, 6.07) is 0.346.